The van der Waals surface area contributed by atoms with Crippen LogP contribution in [0, 0.1) is 13.8 Å². The fourth-order valence-electron chi connectivity index (χ4n) is 1.84. The number of benzene rings is 1. The average molecular weight is 262 g/mol. The molecule has 0 saturated carbocycles. The Balaban J connectivity index is 0. The van der Waals surface area contributed by atoms with Crippen LogP contribution in [-0.2, 0) is 11.2 Å². The quantitative estimate of drug-likeness (QED) is 0.701. The van der Waals surface area contributed by atoms with Gasteiger partial charge in [-0.1, -0.05) is 52.0 Å². The molecule has 0 spiro atoms. The Labute approximate surface area is 119 Å². The lowest BCUT2D eigenvalue weighted by molar-refractivity contribution is -0.116. The molecule has 1 aromatic rings. The number of carbonyl (C=O) groups excluding carboxylic acids is 1. The zero-order chi connectivity index (χ0) is 15.4. The van der Waals surface area contributed by atoms with Crippen molar-refractivity contribution in [1.82, 2.24) is 0 Å². The maximum Gasteiger partial charge on any atom is 0.134 e. The summed E-state index contributed by atoms with van der Waals surface area (Å²) in [5.41, 5.74) is 4.80. The Morgan fingerprint density at radius 3 is 1.79 bits per heavy atom. The Morgan fingerprint density at radius 1 is 1.05 bits per heavy atom. The molecular formula is C18H30O. The second kappa shape index (κ2) is 11.7. The predicted molar refractivity (Wildman–Crippen MR) is 87.7 cm³/mol. The maximum atomic E-state index is 11.1. The van der Waals surface area contributed by atoms with Crippen LogP contribution in [0.4, 0.5) is 0 Å². The van der Waals surface area contributed by atoms with Gasteiger partial charge in [-0.2, -0.15) is 0 Å². The summed E-state index contributed by atoms with van der Waals surface area (Å²) < 4.78 is 0. The number of Topliss-reactive ketones (excluding diaryl/α,β-unsaturated/α-hetero) is 1. The molecule has 1 nitrogen and oxygen atoms in total. The standard InChI is InChI=1S/C14H18O.2C2H6/c1-5-6-13-7-10(2)14(9-12(4)15)11(3)8-13;2*1-2/h5-8H,9H2,1-4H3;2*1-2H3/b6-5+;;. The van der Waals surface area contributed by atoms with Crippen molar-refractivity contribution in [2.45, 2.75) is 61.8 Å². The molecule has 0 N–H and O–H groups in total. The van der Waals surface area contributed by atoms with Crippen LogP contribution in [-0.4, -0.2) is 5.78 Å². The van der Waals surface area contributed by atoms with Crippen molar-refractivity contribution in [2.24, 2.45) is 0 Å². The van der Waals surface area contributed by atoms with E-state index in [-0.39, 0.29) is 5.78 Å². The molecule has 0 radical (unpaired) electrons. The van der Waals surface area contributed by atoms with Crippen LogP contribution in [0.1, 0.15) is 63.8 Å². The summed E-state index contributed by atoms with van der Waals surface area (Å²) in [6.07, 6.45) is 4.66. The number of hydrogen-bond donors (Lipinski definition) is 0. The number of ketones is 1. The molecule has 1 heteroatoms. The lowest BCUT2D eigenvalue weighted by atomic mass is 9.95. The minimum atomic E-state index is 0.222. The zero-order valence-corrected chi connectivity index (χ0v) is 13.9. The predicted octanol–water partition coefficient (Wildman–Crippen LogP) is 5.52. The number of carbonyl (C=O) groups is 1. The number of aryl methyl sites for hydroxylation is 2. The molecule has 1 aromatic carbocycles. The zero-order valence-electron chi connectivity index (χ0n) is 13.9. The third-order valence-corrected chi connectivity index (χ3v) is 2.50. The third kappa shape index (κ3) is 7.61. The van der Waals surface area contributed by atoms with E-state index in [2.05, 4.69) is 32.1 Å². The highest BCUT2D eigenvalue weighted by Crippen LogP contribution is 2.18. The number of allylic oxidation sites excluding steroid dienone is 1. The summed E-state index contributed by atoms with van der Waals surface area (Å²) in [5.74, 6) is 0.222. The lowest BCUT2D eigenvalue weighted by Crippen LogP contribution is -2.01. The van der Waals surface area contributed by atoms with E-state index < -0.39 is 0 Å². The lowest BCUT2D eigenvalue weighted by Gasteiger charge is -2.09. The van der Waals surface area contributed by atoms with Crippen molar-refractivity contribution < 1.29 is 4.79 Å². The summed E-state index contributed by atoms with van der Waals surface area (Å²) in [6, 6.07) is 4.26. The van der Waals surface area contributed by atoms with Gasteiger partial charge in [0.15, 0.2) is 0 Å². The molecule has 0 aliphatic rings. The highest BCUT2D eigenvalue weighted by molar-refractivity contribution is 5.79. The van der Waals surface area contributed by atoms with Gasteiger partial charge in [-0.25, -0.2) is 0 Å². The molecule has 1 rings (SSSR count). The first-order chi connectivity index (χ1) is 9.04. The fraction of sp³-hybridized carbons (Fsp3) is 0.500. The van der Waals surface area contributed by atoms with Gasteiger partial charge >= 0.3 is 0 Å². The molecule has 0 aliphatic carbocycles. The van der Waals surface area contributed by atoms with Gasteiger partial charge in [0, 0.05) is 6.42 Å². The van der Waals surface area contributed by atoms with E-state index in [1.165, 1.54) is 22.3 Å². The van der Waals surface area contributed by atoms with Crippen molar-refractivity contribution in [3.05, 3.63) is 40.5 Å². The van der Waals surface area contributed by atoms with Crippen LogP contribution in [0.2, 0.25) is 0 Å². The fourth-order valence-corrected chi connectivity index (χ4v) is 1.84. The van der Waals surface area contributed by atoms with Gasteiger partial charge in [0.05, 0.1) is 0 Å². The molecule has 0 amide bonds. The Kier molecular flexibility index (Phi) is 12.3. The van der Waals surface area contributed by atoms with Gasteiger partial charge in [-0.15, -0.1) is 0 Å². The van der Waals surface area contributed by atoms with E-state index in [9.17, 15) is 4.79 Å². The van der Waals surface area contributed by atoms with Crippen LogP contribution in [0.3, 0.4) is 0 Å². The Morgan fingerprint density at radius 2 is 1.47 bits per heavy atom. The SMILES string of the molecule is C/C=C/c1cc(C)c(CC(C)=O)c(C)c1.CC.CC. The van der Waals surface area contributed by atoms with E-state index in [0.29, 0.717) is 6.42 Å². The van der Waals surface area contributed by atoms with Crippen LogP contribution in [0.15, 0.2) is 18.2 Å². The van der Waals surface area contributed by atoms with Crippen LogP contribution >= 0.6 is 0 Å². The summed E-state index contributed by atoms with van der Waals surface area (Å²) in [7, 11) is 0. The molecule has 0 aromatic heterocycles. The molecule has 0 bridgehead atoms. The molecule has 19 heavy (non-hydrogen) atoms. The number of hydrogen-bond acceptors (Lipinski definition) is 1. The summed E-state index contributed by atoms with van der Waals surface area (Å²) in [4.78, 5) is 11.1. The third-order valence-electron chi connectivity index (χ3n) is 2.50. The van der Waals surface area contributed by atoms with E-state index in [0.717, 1.165) is 0 Å². The van der Waals surface area contributed by atoms with Gasteiger partial charge < -0.3 is 0 Å². The molecule has 0 fully saturated rings. The molecule has 0 heterocycles. The monoisotopic (exact) mass is 262 g/mol. The molecular weight excluding hydrogens is 232 g/mol. The first-order valence-corrected chi connectivity index (χ1v) is 7.27. The topological polar surface area (TPSA) is 17.1 Å². The van der Waals surface area contributed by atoms with Crippen molar-refractivity contribution in [2.75, 3.05) is 0 Å². The van der Waals surface area contributed by atoms with Crippen molar-refractivity contribution in [3.8, 4) is 0 Å². The van der Waals surface area contributed by atoms with Gasteiger partial charge in [0.2, 0.25) is 0 Å². The van der Waals surface area contributed by atoms with Crippen LogP contribution in [0.25, 0.3) is 6.08 Å². The minimum Gasteiger partial charge on any atom is -0.300 e. The van der Waals surface area contributed by atoms with Gasteiger partial charge in [-0.3, -0.25) is 4.79 Å². The first kappa shape index (κ1) is 20.0. The Bertz CT molecular complexity index is 377. The van der Waals surface area contributed by atoms with Crippen LogP contribution in [0.5, 0.6) is 0 Å². The average Bonchev–Trinajstić information content (AvgIpc) is 2.39. The van der Waals surface area contributed by atoms with E-state index >= 15 is 0 Å². The van der Waals surface area contributed by atoms with Crippen molar-refractivity contribution >= 4 is 11.9 Å². The van der Waals surface area contributed by atoms with Crippen molar-refractivity contribution in [1.29, 1.82) is 0 Å². The van der Waals surface area contributed by atoms with Gasteiger partial charge in [-0.05, 0) is 49.9 Å². The van der Waals surface area contributed by atoms with Crippen molar-refractivity contribution in [3.63, 3.8) is 0 Å². The second-order valence-electron chi connectivity index (χ2n) is 4.01. The minimum absolute atomic E-state index is 0.222. The summed E-state index contributed by atoms with van der Waals surface area (Å²) in [5, 5.41) is 0. The highest BCUT2D eigenvalue weighted by atomic mass is 16.1. The smallest absolute Gasteiger partial charge is 0.134 e. The largest absolute Gasteiger partial charge is 0.300 e. The van der Waals surface area contributed by atoms with Gasteiger partial charge in [0.1, 0.15) is 5.78 Å². The molecule has 108 valence electrons. The first-order valence-electron chi connectivity index (χ1n) is 7.27. The van der Waals surface area contributed by atoms with Gasteiger partial charge in [0.25, 0.3) is 0 Å². The normalized spacial score (nSPS) is 9.26. The van der Waals surface area contributed by atoms with E-state index in [4.69, 9.17) is 0 Å². The molecule has 0 aliphatic heterocycles. The summed E-state index contributed by atoms with van der Waals surface area (Å²) >= 11 is 0. The van der Waals surface area contributed by atoms with Crippen LogP contribution < -0.4 is 0 Å². The molecule has 0 atom stereocenters. The van der Waals surface area contributed by atoms with E-state index in [1.807, 2.05) is 40.7 Å². The second-order valence-corrected chi connectivity index (χ2v) is 4.01. The summed E-state index contributed by atoms with van der Waals surface area (Å²) in [6.45, 7) is 15.8. The highest BCUT2D eigenvalue weighted by Gasteiger charge is 2.06. The number of rotatable bonds is 3. The maximum absolute atomic E-state index is 11.1. The molecule has 0 unspecified atom stereocenters. The van der Waals surface area contributed by atoms with E-state index in [1.54, 1.807) is 6.92 Å². The molecule has 0 saturated heterocycles. The Hall–Kier alpha value is -1.37.